The van der Waals surface area contributed by atoms with Crippen LogP contribution in [0.4, 0.5) is 4.39 Å². The van der Waals surface area contributed by atoms with Crippen molar-refractivity contribution in [2.45, 2.75) is 24.7 Å². The normalized spacial score (nSPS) is 11.2. The molecule has 0 saturated carbocycles. The highest BCUT2D eigenvalue weighted by Gasteiger charge is 2.11. The van der Waals surface area contributed by atoms with E-state index in [2.05, 4.69) is 33.0 Å². The molecule has 4 rings (SSSR count). The van der Waals surface area contributed by atoms with Crippen molar-refractivity contribution in [2.24, 2.45) is 7.05 Å². The minimum absolute atomic E-state index is 0.271. The van der Waals surface area contributed by atoms with E-state index in [9.17, 15) is 4.39 Å². The molecule has 0 radical (unpaired) electrons. The van der Waals surface area contributed by atoms with Crippen LogP contribution >= 0.6 is 23.4 Å². The lowest BCUT2D eigenvalue weighted by Crippen LogP contribution is -2.16. The number of hydrogen-bond donors (Lipinski definition) is 1. The lowest BCUT2D eigenvalue weighted by Gasteiger charge is -2.16. The van der Waals surface area contributed by atoms with Crippen LogP contribution in [0.25, 0.3) is 10.8 Å². The predicted octanol–water partition coefficient (Wildman–Crippen LogP) is 5.01. The van der Waals surface area contributed by atoms with E-state index in [1.165, 1.54) is 12.1 Å². The molecule has 166 valence electrons. The van der Waals surface area contributed by atoms with Crippen LogP contribution in [-0.4, -0.2) is 32.5 Å². The van der Waals surface area contributed by atoms with Gasteiger partial charge >= 0.3 is 0 Å². The van der Waals surface area contributed by atoms with E-state index in [-0.39, 0.29) is 12.4 Å². The molecule has 3 aromatic carbocycles. The predicted molar refractivity (Wildman–Crippen MR) is 126 cm³/mol. The molecule has 1 N–H and O–H groups in total. The smallest absolute Gasteiger partial charge is 0.209 e. The van der Waals surface area contributed by atoms with Crippen LogP contribution < -0.4 is 10.1 Å². The first-order valence-corrected chi connectivity index (χ1v) is 11.6. The molecule has 32 heavy (non-hydrogen) atoms. The Morgan fingerprint density at radius 3 is 2.84 bits per heavy atom. The number of aryl methyl sites for hydroxylation is 1. The first kappa shape index (κ1) is 22.5. The summed E-state index contributed by atoms with van der Waals surface area (Å²) in [6.45, 7) is 1.79. The Morgan fingerprint density at radius 2 is 2.03 bits per heavy atom. The zero-order valence-corrected chi connectivity index (χ0v) is 19.2. The van der Waals surface area contributed by atoms with Crippen LogP contribution in [0.15, 0.2) is 59.8 Å². The summed E-state index contributed by atoms with van der Waals surface area (Å²) < 4.78 is 21.1. The van der Waals surface area contributed by atoms with Gasteiger partial charge in [0.25, 0.3) is 0 Å². The highest BCUT2D eigenvalue weighted by atomic mass is 35.5. The molecular weight excluding hydrogens is 449 g/mol. The minimum Gasteiger partial charge on any atom is -0.488 e. The largest absolute Gasteiger partial charge is 0.488 e. The van der Waals surface area contributed by atoms with Gasteiger partial charge in [0, 0.05) is 30.5 Å². The number of aromatic nitrogens is 4. The van der Waals surface area contributed by atoms with Gasteiger partial charge in [-0.1, -0.05) is 59.8 Å². The lowest BCUT2D eigenvalue weighted by atomic mass is 10.0. The maximum atomic E-state index is 13.3. The maximum absolute atomic E-state index is 13.3. The SMILES string of the molecule is Cn1nnnc1SCCCNCc1c(OCc2ccc(F)cc2Cl)ccc2ccccc12. The van der Waals surface area contributed by atoms with Crippen molar-refractivity contribution in [3.63, 3.8) is 0 Å². The average molecular weight is 472 g/mol. The molecule has 0 spiro atoms. The maximum Gasteiger partial charge on any atom is 0.209 e. The molecule has 4 aromatic rings. The molecule has 0 aliphatic rings. The highest BCUT2D eigenvalue weighted by Crippen LogP contribution is 2.29. The van der Waals surface area contributed by atoms with Crippen molar-refractivity contribution in [1.29, 1.82) is 0 Å². The third-order valence-corrected chi connectivity index (χ3v) is 6.46. The lowest BCUT2D eigenvalue weighted by molar-refractivity contribution is 0.302. The number of ether oxygens (including phenoxy) is 1. The van der Waals surface area contributed by atoms with Gasteiger partial charge in [-0.05, 0) is 52.4 Å². The number of fused-ring (bicyclic) bond motifs is 1. The second-order valence-electron chi connectivity index (χ2n) is 7.25. The highest BCUT2D eigenvalue weighted by molar-refractivity contribution is 7.99. The monoisotopic (exact) mass is 471 g/mol. The van der Waals surface area contributed by atoms with E-state index in [1.54, 1.807) is 22.5 Å². The van der Waals surface area contributed by atoms with Gasteiger partial charge in [0.1, 0.15) is 18.2 Å². The third kappa shape index (κ3) is 5.56. The van der Waals surface area contributed by atoms with Crippen LogP contribution in [0.3, 0.4) is 0 Å². The summed E-state index contributed by atoms with van der Waals surface area (Å²) >= 11 is 7.80. The minimum atomic E-state index is -0.358. The molecule has 0 unspecified atom stereocenters. The molecule has 0 bridgehead atoms. The van der Waals surface area contributed by atoms with Crippen molar-refractivity contribution in [3.8, 4) is 5.75 Å². The van der Waals surface area contributed by atoms with Crippen LogP contribution in [-0.2, 0) is 20.2 Å². The molecule has 0 atom stereocenters. The van der Waals surface area contributed by atoms with Gasteiger partial charge in [-0.25, -0.2) is 9.07 Å². The van der Waals surface area contributed by atoms with Gasteiger partial charge in [-0.15, -0.1) is 5.10 Å². The van der Waals surface area contributed by atoms with Crippen molar-refractivity contribution >= 4 is 34.1 Å². The molecule has 6 nitrogen and oxygen atoms in total. The zero-order chi connectivity index (χ0) is 22.3. The van der Waals surface area contributed by atoms with Gasteiger partial charge in [0.15, 0.2) is 0 Å². The Morgan fingerprint density at radius 1 is 1.16 bits per heavy atom. The van der Waals surface area contributed by atoms with Crippen LogP contribution in [0.2, 0.25) is 5.02 Å². The van der Waals surface area contributed by atoms with Crippen molar-refractivity contribution < 1.29 is 9.13 Å². The number of nitrogens with zero attached hydrogens (tertiary/aromatic N) is 4. The molecule has 1 aromatic heterocycles. The van der Waals surface area contributed by atoms with E-state index in [0.717, 1.165) is 51.5 Å². The Labute approximate surface area is 195 Å². The summed E-state index contributed by atoms with van der Waals surface area (Å²) in [6, 6.07) is 16.6. The number of halogens is 2. The number of nitrogens with one attached hydrogen (secondary N) is 1. The quantitative estimate of drug-likeness (QED) is 0.259. The number of hydrogen-bond acceptors (Lipinski definition) is 6. The van der Waals surface area contributed by atoms with E-state index in [1.807, 2.05) is 31.3 Å². The summed E-state index contributed by atoms with van der Waals surface area (Å²) in [4.78, 5) is 0. The van der Waals surface area contributed by atoms with E-state index in [4.69, 9.17) is 16.3 Å². The summed E-state index contributed by atoms with van der Waals surface area (Å²) in [5, 5.41) is 18.5. The molecule has 9 heteroatoms. The van der Waals surface area contributed by atoms with Crippen molar-refractivity contribution in [2.75, 3.05) is 12.3 Å². The Balaban J connectivity index is 1.40. The summed E-state index contributed by atoms with van der Waals surface area (Å²) in [7, 11) is 1.84. The Bertz CT molecular complexity index is 1200. The molecule has 0 saturated heterocycles. The van der Waals surface area contributed by atoms with Gasteiger partial charge < -0.3 is 10.1 Å². The standard InChI is InChI=1S/C23H23ClFN5OS/c1-30-23(27-28-29-30)32-12-4-11-26-14-20-19-6-3-2-5-16(19)8-10-22(20)31-15-17-7-9-18(25)13-21(17)24/h2-3,5-10,13,26H,4,11-12,14-15H2,1H3. The second kappa shape index (κ2) is 10.8. The molecule has 0 fully saturated rings. The van der Waals surface area contributed by atoms with Crippen molar-refractivity contribution in [1.82, 2.24) is 25.5 Å². The molecule has 1 heterocycles. The van der Waals surface area contributed by atoms with E-state index in [0.29, 0.717) is 11.6 Å². The molecular formula is C23H23ClFN5OS. The molecule has 0 amide bonds. The first-order chi connectivity index (χ1) is 15.6. The number of rotatable bonds is 10. The summed E-state index contributed by atoms with van der Waals surface area (Å²) in [6.07, 6.45) is 0.976. The first-order valence-electron chi connectivity index (χ1n) is 10.2. The fraction of sp³-hybridized carbons (Fsp3) is 0.261. The number of tetrazole rings is 1. The van der Waals surface area contributed by atoms with Crippen LogP contribution in [0.5, 0.6) is 5.75 Å². The van der Waals surface area contributed by atoms with Crippen LogP contribution in [0, 0.1) is 5.82 Å². The second-order valence-corrected chi connectivity index (χ2v) is 8.72. The van der Waals surface area contributed by atoms with Gasteiger partial charge in [0.05, 0.1) is 5.02 Å². The molecule has 0 aliphatic carbocycles. The average Bonchev–Trinajstić information content (AvgIpc) is 3.20. The van der Waals surface area contributed by atoms with Crippen molar-refractivity contribution in [3.05, 3.63) is 76.6 Å². The number of benzene rings is 3. The fourth-order valence-electron chi connectivity index (χ4n) is 3.35. The van der Waals surface area contributed by atoms with Crippen LogP contribution in [0.1, 0.15) is 17.5 Å². The summed E-state index contributed by atoms with van der Waals surface area (Å²) in [5.74, 6) is 1.35. The topological polar surface area (TPSA) is 64.9 Å². The van der Waals surface area contributed by atoms with E-state index < -0.39 is 0 Å². The fourth-order valence-corrected chi connectivity index (χ4v) is 4.36. The summed E-state index contributed by atoms with van der Waals surface area (Å²) in [5.41, 5.74) is 1.84. The van der Waals surface area contributed by atoms with E-state index >= 15 is 0 Å². The number of thioether (sulfide) groups is 1. The third-order valence-electron chi connectivity index (χ3n) is 5.01. The van der Waals surface area contributed by atoms with Gasteiger partial charge in [0.2, 0.25) is 5.16 Å². The Kier molecular flexibility index (Phi) is 7.57. The van der Waals surface area contributed by atoms with Gasteiger partial charge in [-0.3, -0.25) is 0 Å². The van der Waals surface area contributed by atoms with Gasteiger partial charge in [-0.2, -0.15) is 0 Å². The molecule has 0 aliphatic heterocycles. The Hall–Kier alpha value is -2.68. The zero-order valence-electron chi connectivity index (χ0n) is 17.6.